The van der Waals surface area contributed by atoms with E-state index in [1.54, 1.807) is 30.5 Å². The summed E-state index contributed by atoms with van der Waals surface area (Å²) in [6.45, 7) is 2.08. The molecule has 140 valence electrons. The van der Waals surface area contributed by atoms with Crippen molar-refractivity contribution in [1.82, 2.24) is 14.5 Å². The Labute approximate surface area is 168 Å². The maximum Gasteiger partial charge on any atom is 0.228 e. The molecule has 2 aromatic carbocycles. The van der Waals surface area contributed by atoms with E-state index in [1.165, 1.54) is 0 Å². The average Bonchev–Trinajstić information content (AvgIpc) is 3.09. The first-order valence-corrected chi connectivity index (χ1v) is 9.49. The molecule has 5 nitrogen and oxygen atoms in total. The highest BCUT2D eigenvalue weighted by molar-refractivity contribution is 6.30. The van der Waals surface area contributed by atoms with Gasteiger partial charge in [-0.25, -0.2) is 9.97 Å². The number of benzene rings is 2. The molecule has 1 N–H and O–H groups in total. The van der Waals surface area contributed by atoms with E-state index in [9.17, 15) is 4.79 Å². The molecular formula is C22H19ClN4O. The molecule has 4 aromatic rings. The third kappa shape index (κ3) is 3.75. The third-order valence-electron chi connectivity index (χ3n) is 4.49. The summed E-state index contributed by atoms with van der Waals surface area (Å²) < 4.78 is 2.06. The molecule has 2 heterocycles. The lowest BCUT2D eigenvalue weighted by molar-refractivity contribution is -0.115. The average molecular weight is 391 g/mol. The molecule has 0 fully saturated rings. The van der Waals surface area contributed by atoms with Crippen LogP contribution in [0, 0.1) is 0 Å². The molecule has 4 rings (SSSR count). The Bertz CT molecular complexity index is 1120. The first kappa shape index (κ1) is 18.2. The summed E-state index contributed by atoms with van der Waals surface area (Å²) in [5.74, 6) is 0.890. The predicted molar refractivity (Wildman–Crippen MR) is 112 cm³/mol. The molecule has 28 heavy (non-hydrogen) atoms. The Balaban J connectivity index is 1.53. The van der Waals surface area contributed by atoms with Gasteiger partial charge in [0.2, 0.25) is 5.91 Å². The van der Waals surface area contributed by atoms with E-state index in [-0.39, 0.29) is 5.91 Å². The Kier molecular flexibility index (Phi) is 5.08. The zero-order valence-electron chi connectivity index (χ0n) is 15.4. The Morgan fingerprint density at radius 1 is 1.07 bits per heavy atom. The van der Waals surface area contributed by atoms with E-state index in [4.69, 9.17) is 11.6 Å². The first-order chi connectivity index (χ1) is 13.6. The number of aromatic nitrogens is 3. The van der Waals surface area contributed by atoms with Gasteiger partial charge >= 0.3 is 0 Å². The van der Waals surface area contributed by atoms with Crippen LogP contribution in [0.4, 0.5) is 5.69 Å². The highest BCUT2D eigenvalue weighted by Crippen LogP contribution is 2.21. The molecular weight excluding hydrogens is 372 g/mol. The number of pyridine rings is 1. The van der Waals surface area contributed by atoms with Crippen LogP contribution in [-0.2, 0) is 17.6 Å². The number of fused-ring (bicyclic) bond motifs is 1. The largest absolute Gasteiger partial charge is 0.326 e. The van der Waals surface area contributed by atoms with Gasteiger partial charge in [-0.3, -0.25) is 9.36 Å². The summed E-state index contributed by atoms with van der Waals surface area (Å²) in [6.07, 6.45) is 2.88. The third-order valence-corrected chi connectivity index (χ3v) is 4.74. The monoisotopic (exact) mass is 390 g/mol. The van der Waals surface area contributed by atoms with Crippen LogP contribution >= 0.6 is 11.6 Å². The minimum absolute atomic E-state index is 0.0703. The molecule has 1 amide bonds. The van der Waals surface area contributed by atoms with Gasteiger partial charge in [0, 0.05) is 29.0 Å². The number of nitrogens with zero attached hydrogens (tertiary/aromatic N) is 3. The van der Waals surface area contributed by atoms with Crippen LogP contribution in [0.15, 0.2) is 66.9 Å². The van der Waals surface area contributed by atoms with E-state index in [0.717, 1.165) is 40.3 Å². The highest BCUT2D eigenvalue weighted by atomic mass is 35.5. The topological polar surface area (TPSA) is 59.8 Å². The minimum atomic E-state index is -0.0703. The summed E-state index contributed by atoms with van der Waals surface area (Å²) in [5.41, 5.74) is 4.37. The van der Waals surface area contributed by atoms with Crippen molar-refractivity contribution in [2.75, 3.05) is 5.32 Å². The van der Waals surface area contributed by atoms with Gasteiger partial charge in [-0.1, -0.05) is 30.7 Å². The van der Waals surface area contributed by atoms with Crippen molar-refractivity contribution in [3.63, 3.8) is 0 Å². The van der Waals surface area contributed by atoms with Crippen molar-refractivity contribution in [3.05, 3.63) is 83.3 Å². The van der Waals surface area contributed by atoms with E-state index in [0.29, 0.717) is 11.4 Å². The van der Waals surface area contributed by atoms with E-state index in [2.05, 4.69) is 26.8 Å². The first-order valence-electron chi connectivity index (χ1n) is 9.11. The second-order valence-corrected chi connectivity index (χ2v) is 6.90. The zero-order chi connectivity index (χ0) is 19.5. The second kappa shape index (κ2) is 7.82. The number of aryl methyl sites for hydroxylation is 1. The lowest BCUT2D eigenvalue weighted by Crippen LogP contribution is -2.14. The standard InChI is InChI=1S/C22H19ClN4O/c1-2-20-26-19-4-3-13-24-22(19)27(20)18-11-5-15(6-12-18)14-21(28)25-17-9-7-16(23)8-10-17/h3-13H,2,14H2,1H3,(H,25,28). The molecule has 0 saturated heterocycles. The smallest absolute Gasteiger partial charge is 0.228 e. The Hall–Kier alpha value is -3.18. The number of nitrogens with one attached hydrogen (secondary N) is 1. The van der Waals surface area contributed by atoms with Gasteiger partial charge in [0.1, 0.15) is 11.3 Å². The molecule has 0 aliphatic heterocycles. The quantitative estimate of drug-likeness (QED) is 0.531. The fourth-order valence-corrected chi connectivity index (χ4v) is 3.28. The highest BCUT2D eigenvalue weighted by Gasteiger charge is 2.12. The van der Waals surface area contributed by atoms with Crippen molar-refractivity contribution in [2.24, 2.45) is 0 Å². The summed E-state index contributed by atoms with van der Waals surface area (Å²) in [7, 11) is 0. The van der Waals surface area contributed by atoms with Crippen molar-refractivity contribution in [1.29, 1.82) is 0 Å². The van der Waals surface area contributed by atoms with Gasteiger partial charge in [0.25, 0.3) is 0 Å². The lowest BCUT2D eigenvalue weighted by Gasteiger charge is -2.09. The van der Waals surface area contributed by atoms with Gasteiger partial charge in [-0.05, 0) is 54.1 Å². The molecule has 0 bridgehead atoms. The number of hydrogen-bond donors (Lipinski definition) is 1. The predicted octanol–water partition coefficient (Wildman–Crippen LogP) is 4.82. The number of carbonyl (C=O) groups is 1. The number of carbonyl (C=O) groups excluding carboxylic acids is 1. The molecule has 6 heteroatoms. The van der Waals surface area contributed by atoms with Gasteiger partial charge < -0.3 is 5.32 Å². The number of halogens is 1. The van der Waals surface area contributed by atoms with Crippen LogP contribution in [0.25, 0.3) is 16.9 Å². The van der Waals surface area contributed by atoms with Crippen LogP contribution < -0.4 is 5.32 Å². The Morgan fingerprint density at radius 2 is 1.82 bits per heavy atom. The van der Waals surface area contributed by atoms with Gasteiger partial charge in [-0.15, -0.1) is 0 Å². The summed E-state index contributed by atoms with van der Waals surface area (Å²) in [6, 6.07) is 18.9. The molecule has 0 unspecified atom stereocenters. The van der Waals surface area contributed by atoms with Crippen LogP contribution in [0.3, 0.4) is 0 Å². The van der Waals surface area contributed by atoms with Crippen LogP contribution in [0.1, 0.15) is 18.3 Å². The maximum absolute atomic E-state index is 12.3. The number of amides is 1. The van der Waals surface area contributed by atoms with E-state index in [1.807, 2.05) is 36.4 Å². The normalized spacial score (nSPS) is 10.9. The number of anilines is 1. The lowest BCUT2D eigenvalue weighted by atomic mass is 10.1. The van der Waals surface area contributed by atoms with Gasteiger partial charge in [0.05, 0.1) is 6.42 Å². The van der Waals surface area contributed by atoms with Gasteiger partial charge in [0.15, 0.2) is 5.65 Å². The fourth-order valence-electron chi connectivity index (χ4n) is 3.15. The molecule has 0 saturated carbocycles. The fraction of sp³-hybridized carbons (Fsp3) is 0.136. The summed E-state index contributed by atoms with van der Waals surface area (Å²) in [5, 5.41) is 3.52. The second-order valence-electron chi connectivity index (χ2n) is 6.46. The van der Waals surface area contributed by atoms with Crippen molar-refractivity contribution in [3.8, 4) is 5.69 Å². The molecule has 0 aliphatic carbocycles. The molecule has 0 atom stereocenters. The van der Waals surface area contributed by atoms with Gasteiger partial charge in [-0.2, -0.15) is 0 Å². The summed E-state index contributed by atoms with van der Waals surface area (Å²) >= 11 is 5.87. The molecule has 0 spiro atoms. The number of imidazole rings is 1. The van der Waals surface area contributed by atoms with Crippen LogP contribution in [0.5, 0.6) is 0 Å². The van der Waals surface area contributed by atoms with Crippen LogP contribution in [0.2, 0.25) is 5.02 Å². The number of rotatable bonds is 5. The minimum Gasteiger partial charge on any atom is -0.326 e. The number of hydrogen-bond acceptors (Lipinski definition) is 3. The maximum atomic E-state index is 12.3. The SMILES string of the molecule is CCc1nc2cccnc2n1-c1ccc(CC(=O)Nc2ccc(Cl)cc2)cc1. The molecule has 2 aromatic heterocycles. The van der Waals surface area contributed by atoms with E-state index >= 15 is 0 Å². The van der Waals surface area contributed by atoms with Crippen molar-refractivity contribution >= 4 is 34.4 Å². The summed E-state index contributed by atoms with van der Waals surface area (Å²) in [4.78, 5) is 21.4. The van der Waals surface area contributed by atoms with E-state index < -0.39 is 0 Å². The zero-order valence-corrected chi connectivity index (χ0v) is 16.1. The van der Waals surface area contributed by atoms with Crippen molar-refractivity contribution in [2.45, 2.75) is 19.8 Å². The van der Waals surface area contributed by atoms with Crippen LogP contribution in [-0.4, -0.2) is 20.4 Å². The van der Waals surface area contributed by atoms with Crippen molar-refractivity contribution < 1.29 is 4.79 Å². The Morgan fingerprint density at radius 3 is 2.54 bits per heavy atom. The molecule has 0 aliphatic rings. The molecule has 0 radical (unpaired) electrons.